The molecule has 1 rings (SSSR count). The first-order valence-corrected chi connectivity index (χ1v) is 23.7. The smallest absolute Gasteiger partial charge is 0.306 e. The number of carbonyl (C=O) groups excluding carboxylic acids is 1. The molecule has 0 amide bonds. The molecule has 1 aliphatic rings. The van der Waals surface area contributed by atoms with E-state index in [0.29, 0.717) is 13.0 Å². The molecule has 1 heterocycles. The quantitative estimate of drug-likeness (QED) is 0.0271. The minimum Gasteiger partial charge on any atom is -0.457 e. The van der Waals surface area contributed by atoms with Crippen molar-refractivity contribution in [1.82, 2.24) is 0 Å². The second kappa shape index (κ2) is 40.6. The summed E-state index contributed by atoms with van der Waals surface area (Å²) in [5.41, 5.74) is 0. The van der Waals surface area contributed by atoms with E-state index >= 15 is 0 Å². The van der Waals surface area contributed by atoms with E-state index in [1.165, 1.54) is 116 Å². The van der Waals surface area contributed by atoms with Gasteiger partial charge in [0.1, 0.15) is 30.5 Å². The predicted octanol–water partition coefficient (Wildman–Crippen LogP) is 10.9. The number of unbranched alkanes of at least 4 members (excludes halogenated alkanes) is 21. The summed E-state index contributed by atoms with van der Waals surface area (Å²) in [7, 11) is 0. The van der Waals surface area contributed by atoms with Gasteiger partial charge in [0.05, 0.1) is 19.8 Å². The Morgan fingerprint density at radius 3 is 1.48 bits per heavy atom. The second-order valence-electron chi connectivity index (χ2n) is 16.2. The van der Waals surface area contributed by atoms with Crippen molar-refractivity contribution in [1.29, 1.82) is 0 Å². The monoisotopic (exact) mass is 821 g/mol. The Morgan fingerprint density at radius 2 is 1.00 bits per heavy atom. The Kier molecular flexibility index (Phi) is 37.9. The molecule has 0 radical (unpaired) electrons. The maximum atomic E-state index is 12.8. The van der Waals surface area contributed by atoms with Crippen LogP contribution >= 0.6 is 0 Å². The summed E-state index contributed by atoms with van der Waals surface area (Å²) in [6, 6.07) is 0. The number of carbonyl (C=O) groups is 1. The van der Waals surface area contributed by atoms with Crippen LogP contribution in [0, 0.1) is 0 Å². The SMILES string of the molecule is CCCCC/C=C\C/C=C\CCCCCCCCCCOCC(COC1OC(CO)C(O)C(O)C1O)OC(=O)CCCCCCCCC/C=C\C/C=C\CCCCC. The van der Waals surface area contributed by atoms with E-state index in [1.807, 2.05) is 0 Å². The standard InChI is InChI=1S/C49H88O9/c1-3-5-7-9-11-13-15-17-19-21-23-25-27-29-31-33-35-37-39-55-41-43(42-56-49-48(54)47(53)46(52)44(40-50)58-49)57-45(51)38-36-34-32-30-28-26-24-22-20-18-16-14-12-10-8-6-4-2/h11-14,17-20,43-44,46-50,52-54H,3-10,15-16,21-42H2,1-2H3/b13-11-,14-12-,19-17-,20-18-. The Balaban J connectivity index is 2.26. The maximum Gasteiger partial charge on any atom is 0.306 e. The van der Waals surface area contributed by atoms with Crippen molar-refractivity contribution in [3.63, 3.8) is 0 Å². The van der Waals surface area contributed by atoms with Gasteiger partial charge in [0.15, 0.2) is 6.29 Å². The molecule has 9 heteroatoms. The molecule has 0 aromatic carbocycles. The number of rotatable bonds is 40. The van der Waals surface area contributed by atoms with Crippen LogP contribution in [0.15, 0.2) is 48.6 Å². The highest BCUT2D eigenvalue weighted by Gasteiger charge is 2.44. The summed E-state index contributed by atoms with van der Waals surface area (Å²) >= 11 is 0. The van der Waals surface area contributed by atoms with Gasteiger partial charge in [0.2, 0.25) is 0 Å². The molecule has 0 spiro atoms. The van der Waals surface area contributed by atoms with Crippen LogP contribution in [0.5, 0.6) is 0 Å². The first-order chi connectivity index (χ1) is 28.4. The van der Waals surface area contributed by atoms with E-state index < -0.39 is 43.4 Å². The van der Waals surface area contributed by atoms with Crippen molar-refractivity contribution < 1.29 is 44.2 Å². The Bertz CT molecular complexity index is 1030. The highest BCUT2D eigenvalue weighted by atomic mass is 16.7. The molecule has 0 aromatic heterocycles. The van der Waals surface area contributed by atoms with E-state index in [4.69, 9.17) is 18.9 Å². The number of hydrogen-bond donors (Lipinski definition) is 4. The van der Waals surface area contributed by atoms with Crippen LogP contribution in [0.25, 0.3) is 0 Å². The second-order valence-corrected chi connectivity index (χ2v) is 16.2. The molecule has 1 saturated heterocycles. The summed E-state index contributed by atoms with van der Waals surface area (Å²) in [5, 5.41) is 40.2. The molecule has 6 atom stereocenters. The highest BCUT2D eigenvalue weighted by molar-refractivity contribution is 5.69. The maximum absolute atomic E-state index is 12.8. The molecule has 0 saturated carbocycles. The average molecular weight is 821 g/mol. The third-order valence-corrected chi connectivity index (χ3v) is 10.7. The van der Waals surface area contributed by atoms with Crippen LogP contribution in [-0.4, -0.2) is 89.6 Å². The minimum absolute atomic E-state index is 0.120. The molecular formula is C49H88O9. The zero-order valence-corrected chi connectivity index (χ0v) is 37.0. The van der Waals surface area contributed by atoms with E-state index in [-0.39, 0.29) is 19.2 Å². The highest BCUT2D eigenvalue weighted by Crippen LogP contribution is 2.22. The van der Waals surface area contributed by atoms with Crippen LogP contribution in [0.2, 0.25) is 0 Å². The van der Waals surface area contributed by atoms with Gasteiger partial charge in [-0.2, -0.15) is 0 Å². The molecule has 338 valence electrons. The number of allylic oxidation sites excluding steroid dienone is 8. The minimum atomic E-state index is -1.54. The molecule has 9 nitrogen and oxygen atoms in total. The normalized spacial score (nSPS) is 20.7. The van der Waals surface area contributed by atoms with Gasteiger partial charge < -0.3 is 39.4 Å². The van der Waals surface area contributed by atoms with E-state index in [0.717, 1.165) is 57.8 Å². The lowest BCUT2D eigenvalue weighted by Crippen LogP contribution is -2.59. The summed E-state index contributed by atoms with van der Waals surface area (Å²) in [4.78, 5) is 12.8. The molecule has 1 aliphatic heterocycles. The molecular weight excluding hydrogens is 733 g/mol. The number of aliphatic hydroxyl groups is 4. The Hall–Kier alpha value is -1.85. The molecule has 58 heavy (non-hydrogen) atoms. The van der Waals surface area contributed by atoms with Crippen molar-refractivity contribution in [2.24, 2.45) is 0 Å². The lowest BCUT2D eigenvalue weighted by atomic mass is 9.99. The summed E-state index contributed by atoms with van der Waals surface area (Å²) in [5.74, 6) is -0.324. The fourth-order valence-corrected chi connectivity index (χ4v) is 6.96. The fraction of sp³-hybridized carbons (Fsp3) is 0.816. The first-order valence-electron chi connectivity index (χ1n) is 23.7. The van der Waals surface area contributed by atoms with E-state index in [9.17, 15) is 25.2 Å². The topological polar surface area (TPSA) is 135 Å². The Morgan fingerprint density at radius 1 is 0.552 bits per heavy atom. The predicted molar refractivity (Wildman–Crippen MR) is 238 cm³/mol. The van der Waals surface area contributed by atoms with Crippen molar-refractivity contribution in [2.75, 3.05) is 26.4 Å². The van der Waals surface area contributed by atoms with Crippen LogP contribution < -0.4 is 0 Å². The summed E-state index contributed by atoms with van der Waals surface area (Å²) in [6.45, 7) is 4.49. The number of esters is 1. The summed E-state index contributed by atoms with van der Waals surface area (Å²) in [6.07, 6.45) is 42.7. The zero-order chi connectivity index (χ0) is 42.2. The van der Waals surface area contributed by atoms with Crippen LogP contribution in [0.1, 0.15) is 194 Å². The molecule has 0 aromatic rings. The van der Waals surface area contributed by atoms with Crippen molar-refractivity contribution in [3.05, 3.63) is 48.6 Å². The largest absolute Gasteiger partial charge is 0.457 e. The van der Waals surface area contributed by atoms with Crippen LogP contribution in [-0.2, 0) is 23.7 Å². The third kappa shape index (κ3) is 31.1. The van der Waals surface area contributed by atoms with Crippen molar-refractivity contribution >= 4 is 5.97 Å². The van der Waals surface area contributed by atoms with Gasteiger partial charge in [-0.05, 0) is 77.0 Å². The van der Waals surface area contributed by atoms with Gasteiger partial charge in [-0.15, -0.1) is 0 Å². The van der Waals surface area contributed by atoms with E-state index in [1.54, 1.807) is 0 Å². The summed E-state index contributed by atoms with van der Waals surface area (Å²) < 4.78 is 22.8. The van der Waals surface area contributed by atoms with Crippen LogP contribution in [0.3, 0.4) is 0 Å². The zero-order valence-electron chi connectivity index (χ0n) is 37.0. The molecule has 1 fully saturated rings. The van der Waals surface area contributed by atoms with Gasteiger partial charge in [0, 0.05) is 13.0 Å². The lowest BCUT2D eigenvalue weighted by molar-refractivity contribution is -0.305. The van der Waals surface area contributed by atoms with Gasteiger partial charge in [-0.1, -0.05) is 159 Å². The molecule has 0 bridgehead atoms. The van der Waals surface area contributed by atoms with Crippen LogP contribution in [0.4, 0.5) is 0 Å². The number of aliphatic hydroxyl groups excluding tert-OH is 4. The van der Waals surface area contributed by atoms with Crippen molar-refractivity contribution in [2.45, 2.75) is 230 Å². The molecule has 6 unspecified atom stereocenters. The van der Waals surface area contributed by atoms with Gasteiger partial charge in [0.25, 0.3) is 0 Å². The van der Waals surface area contributed by atoms with Crippen molar-refractivity contribution in [3.8, 4) is 0 Å². The number of ether oxygens (including phenoxy) is 4. The van der Waals surface area contributed by atoms with E-state index in [2.05, 4.69) is 62.5 Å². The average Bonchev–Trinajstić information content (AvgIpc) is 3.22. The lowest BCUT2D eigenvalue weighted by Gasteiger charge is -2.39. The molecule has 0 aliphatic carbocycles. The number of hydrogen-bond acceptors (Lipinski definition) is 9. The Labute approximate surface area is 354 Å². The fourth-order valence-electron chi connectivity index (χ4n) is 6.96. The third-order valence-electron chi connectivity index (χ3n) is 10.7. The van der Waals surface area contributed by atoms with Gasteiger partial charge in [-0.25, -0.2) is 0 Å². The first kappa shape index (κ1) is 54.2. The van der Waals surface area contributed by atoms with Gasteiger partial charge in [-0.3, -0.25) is 4.79 Å². The van der Waals surface area contributed by atoms with Gasteiger partial charge >= 0.3 is 5.97 Å². The molecule has 4 N–H and O–H groups in total.